The number of carbonyl (C=O) groups is 1. The van der Waals surface area contributed by atoms with Crippen molar-refractivity contribution >= 4 is 15.9 Å². The maximum atomic E-state index is 13.3. The standard InChI is InChI=1S/C23H30N2O3S/c1-19-12-14-22(15-13-19)29(27,28)25(21-10-6-3-7-11-21)18-23(26)24-17-16-20-8-4-2-5-9-20/h2,4-5,8-9,12-15,21H,3,6-7,10-11,16-18H2,1H3,(H,24,26). The van der Waals surface area contributed by atoms with E-state index in [9.17, 15) is 13.2 Å². The highest BCUT2D eigenvalue weighted by Gasteiger charge is 2.33. The predicted octanol–water partition coefficient (Wildman–Crippen LogP) is 3.68. The smallest absolute Gasteiger partial charge is 0.243 e. The van der Waals surface area contributed by atoms with Crippen LogP contribution < -0.4 is 5.32 Å². The summed E-state index contributed by atoms with van der Waals surface area (Å²) in [4.78, 5) is 12.9. The Labute approximate surface area is 174 Å². The van der Waals surface area contributed by atoms with Gasteiger partial charge in [-0.2, -0.15) is 4.31 Å². The zero-order valence-corrected chi connectivity index (χ0v) is 17.8. The summed E-state index contributed by atoms with van der Waals surface area (Å²) >= 11 is 0. The van der Waals surface area contributed by atoms with Gasteiger partial charge >= 0.3 is 0 Å². The fraction of sp³-hybridized carbons (Fsp3) is 0.435. The molecule has 1 fully saturated rings. The quantitative estimate of drug-likeness (QED) is 0.717. The Morgan fingerprint density at radius 3 is 2.31 bits per heavy atom. The Hall–Kier alpha value is -2.18. The molecule has 2 aromatic carbocycles. The van der Waals surface area contributed by atoms with Crippen LogP contribution in [-0.4, -0.2) is 37.8 Å². The van der Waals surface area contributed by atoms with Crippen molar-refractivity contribution in [1.82, 2.24) is 9.62 Å². The van der Waals surface area contributed by atoms with Crippen LogP contribution in [-0.2, 0) is 21.2 Å². The highest BCUT2D eigenvalue weighted by molar-refractivity contribution is 7.89. The van der Waals surface area contributed by atoms with Gasteiger partial charge in [-0.1, -0.05) is 67.3 Å². The minimum absolute atomic E-state index is 0.116. The monoisotopic (exact) mass is 414 g/mol. The summed E-state index contributed by atoms with van der Waals surface area (Å²) in [5.41, 5.74) is 2.15. The lowest BCUT2D eigenvalue weighted by Crippen LogP contribution is -2.47. The largest absolute Gasteiger partial charge is 0.355 e. The van der Waals surface area contributed by atoms with Crippen LogP contribution in [0.25, 0.3) is 0 Å². The van der Waals surface area contributed by atoms with Gasteiger partial charge in [0.15, 0.2) is 0 Å². The Bertz CT molecular complexity index is 889. The molecule has 0 aromatic heterocycles. The van der Waals surface area contributed by atoms with Gasteiger partial charge in [-0.15, -0.1) is 0 Å². The molecule has 0 unspecified atom stereocenters. The van der Waals surface area contributed by atoms with E-state index in [2.05, 4.69) is 5.32 Å². The van der Waals surface area contributed by atoms with Crippen molar-refractivity contribution in [1.29, 1.82) is 0 Å². The lowest BCUT2D eigenvalue weighted by atomic mass is 9.95. The predicted molar refractivity (Wildman–Crippen MR) is 115 cm³/mol. The molecule has 0 heterocycles. The van der Waals surface area contributed by atoms with Gasteiger partial charge < -0.3 is 5.32 Å². The third kappa shape index (κ3) is 5.90. The van der Waals surface area contributed by atoms with E-state index in [4.69, 9.17) is 0 Å². The molecule has 3 rings (SSSR count). The van der Waals surface area contributed by atoms with Gasteiger partial charge in [-0.3, -0.25) is 4.79 Å². The lowest BCUT2D eigenvalue weighted by molar-refractivity contribution is -0.121. The normalized spacial score (nSPS) is 15.4. The molecule has 0 spiro atoms. The number of hydrogen-bond donors (Lipinski definition) is 1. The van der Waals surface area contributed by atoms with Crippen LogP contribution in [0.5, 0.6) is 0 Å². The van der Waals surface area contributed by atoms with Crippen LogP contribution in [0, 0.1) is 6.92 Å². The van der Waals surface area contributed by atoms with Crippen molar-refractivity contribution in [2.75, 3.05) is 13.1 Å². The van der Waals surface area contributed by atoms with Crippen molar-refractivity contribution in [2.24, 2.45) is 0 Å². The number of hydrogen-bond acceptors (Lipinski definition) is 3. The fourth-order valence-corrected chi connectivity index (χ4v) is 5.45. The van der Waals surface area contributed by atoms with Gasteiger partial charge in [0, 0.05) is 12.6 Å². The van der Waals surface area contributed by atoms with Gasteiger partial charge in [0.25, 0.3) is 0 Å². The molecule has 0 bridgehead atoms. The number of amides is 1. The Balaban J connectivity index is 1.69. The maximum Gasteiger partial charge on any atom is 0.243 e. The number of nitrogens with zero attached hydrogens (tertiary/aromatic N) is 1. The van der Waals surface area contributed by atoms with Crippen LogP contribution in [0.15, 0.2) is 59.5 Å². The van der Waals surface area contributed by atoms with Crippen LogP contribution in [0.3, 0.4) is 0 Å². The molecule has 2 aromatic rings. The van der Waals surface area contributed by atoms with E-state index >= 15 is 0 Å². The molecule has 5 nitrogen and oxygen atoms in total. The van der Waals surface area contributed by atoms with Crippen LogP contribution >= 0.6 is 0 Å². The molecule has 6 heteroatoms. The first-order valence-electron chi connectivity index (χ1n) is 10.4. The van der Waals surface area contributed by atoms with Gasteiger partial charge in [0.2, 0.25) is 15.9 Å². The Morgan fingerprint density at radius 1 is 1.00 bits per heavy atom. The molecule has 156 valence electrons. The number of carbonyl (C=O) groups excluding carboxylic acids is 1. The molecule has 1 aliphatic carbocycles. The Morgan fingerprint density at radius 2 is 1.66 bits per heavy atom. The molecule has 1 N–H and O–H groups in total. The molecule has 1 saturated carbocycles. The first kappa shape index (κ1) is 21.5. The zero-order valence-electron chi connectivity index (χ0n) is 17.0. The second-order valence-corrected chi connectivity index (χ2v) is 9.63. The molecule has 29 heavy (non-hydrogen) atoms. The van der Waals surface area contributed by atoms with Crippen molar-refractivity contribution in [3.05, 3.63) is 65.7 Å². The van der Waals surface area contributed by atoms with E-state index in [1.165, 1.54) is 4.31 Å². The van der Waals surface area contributed by atoms with Crippen molar-refractivity contribution in [2.45, 2.75) is 56.4 Å². The third-order valence-electron chi connectivity index (χ3n) is 5.49. The minimum atomic E-state index is -3.72. The van der Waals surface area contributed by atoms with E-state index in [0.29, 0.717) is 6.54 Å². The van der Waals surface area contributed by atoms with Crippen LogP contribution in [0.1, 0.15) is 43.2 Å². The molecule has 1 aliphatic rings. The van der Waals surface area contributed by atoms with E-state index in [-0.39, 0.29) is 23.4 Å². The number of sulfonamides is 1. The van der Waals surface area contributed by atoms with Gasteiger partial charge in [0.05, 0.1) is 11.4 Å². The average Bonchev–Trinajstić information content (AvgIpc) is 2.73. The second-order valence-electron chi connectivity index (χ2n) is 7.74. The zero-order chi connectivity index (χ0) is 20.7. The SMILES string of the molecule is Cc1ccc(S(=O)(=O)N(CC(=O)NCCc2ccccc2)C2CCCCC2)cc1. The first-order valence-corrected chi connectivity index (χ1v) is 11.8. The molecule has 0 saturated heterocycles. The van der Waals surface area contributed by atoms with E-state index in [0.717, 1.165) is 49.7 Å². The lowest BCUT2D eigenvalue weighted by Gasteiger charge is -2.33. The molecule has 0 radical (unpaired) electrons. The van der Waals surface area contributed by atoms with Crippen molar-refractivity contribution < 1.29 is 13.2 Å². The van der Waals surface area contributed by atoms with E-state index in [1.807, 2.05) is 37.3 Å². The number of nitrogens with one attached hydrogen (secondary N) is 1. The molecule has 0 atom stereocenters. The summed E-state index contributed by atoms with van der Waals surface area (Å²) in [7, 11) is -3.72. The Kier molecular flexibility index (Phi) is 7.45. The van der Waals surface area contributed by atoms with E-state index in [1.54, 1.807) is 24.3 Å². The van der Waals surface area contributed by atoms with Crippen LogP contribution in [0.2, 0.25) is 0 Å². The van der Waals surface area contributed by atoms with Gasteiger partial charge in [0.1, 0.15) is 0 Å². The summed E-state index contributed by atoms with van der Waals surface area (Å²) in [6, 6.07) is 16.7. The third-order valence-corrected chi connectivity index (χ3v) is 7.40. The number of benzene rings is 2. The molecule has 1 amide bonds. The maximum absolute atomic E-state index is 13.3. The van der Waals surface area contributed by atoms with Gasteiger partial charge in [-0.05, 0) is 43.9 Å². The van der Waals surface area contributed by atoms with Crippen molar-refractivity contribution in [3.8, 4) is 0 Å². The van der Waals surface area contributed by atoms with E-state index < -0.39 is 10.0 Å². The molecular weight excluding hydrogens is 384 g/mol. The molecule has 0 aliphatic heterocycles. The first-order chi connectivity index (χ1) is 14.0. The summed E-state index contributed by atoms with van der Waals surface area (Å²) in [6.45, 7) is 2.29. The highest BCUT2D eigenvalue weighted by atomic mass is 32.2. The summed E-state index contributed by atoms with van der Waals surface area (Å²) in [5, 5.41) is 2.89. The minimum Gasteiger partial charge on any atom is -0.355 e. The number of aryl methyl sites for hydroxylation is 1. The summed E-state index contributed by atoms with van der Waals surface area (Å²) in [6.07, 6.45) is 5.46. The summed E-state index contributed by atoms with van der Waals surface area (Å²) < 4.78 is 28.1. The fourth-order valence-electron chi connectivity index (χ4n) is 3.81. The highest BCUT2D eigenvalue weighted by Crippen LogP contribution is 2.27. The van der Waals surface area contributed by atoms with Crippen molar-refractivity contribution in [3.63, 3.8) is 0 Å². The number of rotatable bonds is 8. The van der Waals surface area contributed by atoms with Crippen LogP contribution in [0.4, 0.5) is 0 Å². The molecular formula is C23H30N2O3S. The summed E-state index contributed by atoms with van der Waals surface area (Å²) in [5.74, 6) is -0.248. The topological polar surface area (TPSA) is 66.5 Å². The van der Waals surface area contributed by atoms with Gasteiger partial charge in [-0.25, -0.2) is 8.42 Å². The second kappa shape index (κ2) is 10.0. The average molecular weight is 415 g/mol.